The van der Waals surface area contributed by atoms with Crippen LogP contribution in [0.25, 0.3) is 11.0 Å². The zero-order valence-corrected chi connectivity index (χ0v) is 12.2. The fourth-order valence-electron chi connectivity index (χ4n) is 2.45. The van der Waals surface area contributed by atoms with Crippen LogP contribution in [0.2, 0.25) is 0 Å². The second-order valence-corrected chi connectivity index (χ2v) is 5.00. The normalized spacial score (nSPS) is 18.0. The summed E-state index contributed by atoms with van der Waals surface area (Å²) in [5.41, 5.74) is 0.857. The number of carbonyl (C=O) groups excluding carboxylic acids is 1. The Morgan fingerprint density at radius 1 is 1.24 bits per heavy atom. The number of hydrogen-bond acceptors (Lipinski definition) is 4. The summed E-state index contributed by atoms with van der Waals surface area (Å²) < 4.78 is 5.06. The first kappa shape index (κ1) is 15.5. The molecule has 0 bridgehead atoms. The molecular formula is C15H17ClN2O3. The Morgan fingerprint density at radius 2 is 2.10 bits per heavy atom. The maximum atomic E-state index is 12.1. The van der Waals surface area contributed by atoms with Crippen molar-refractivity contribution in [1.29, 1.82) is 0 Å². The van der Waals surface area contributed by atoms with Crippen LogP contribution in [0.1, 0.15) is 19.3 Å². The molecule has 0 saturated carbocycles. The lowest BCUT2D eigenvalue weighted by molar-refractivity contribution is -0.118. The summed E-state index contributed by atoms with van der Waals surface area (Å²) in [6.45, 7) is 0.890. The molecule has 5 nitrogen and oxygen atoms in total. The summed E-state index contributed by atoms with van der Waals surface area (Å²) in [6, 6.07) is 8.19. The lowest BCUT2D eigenvalue weighted by Crippen LogP contribution is -2.43. The van der Waals surface area contributed by atoms with Crippen molar-refractivity contribution in [1.82, 2.24) is 5.32 Å². The number of fused-ring (bicyclic) bond motifs is 1. The Hall–Kier alpha value is -1.85. The van der Waals surface area contributed by atoms with Crippen LogP contribution in [0, 0.1) is 0 Å². The molecule has 1 saturated heterocycles. The summed E-state index contributed by atoms with van der Waals surface area (Å²) in [4.78, 5) is 23.2. The SMILES string of the molecule is Cl.O=C(Nc1ccc2oc(=O)ccc2c1)C1CCCCN1. The van der Waals surface area contributed by atoms with Crippen molar-refractivity contribution in [3.8, 4) is 0 Å². The van der Waals surface area contributed by atoms with Crippen LogP contribution in [0.15, 0.2) is 39.5 Å². The van der Waals surface area contributed by atoms with E-state index >= 15 is 0 Å². The highest BCUT2D eigenvalue weighted by atomic mass is 35.5. The van der Waals surface area contributed by atoms with Crippen LogP contribution < -0.4 is 16.3 Å². The summed E-state index contributed by atoms with van der Waals surface area (Å²) in [5, 5.41) is 6.90. The number of anilines is 1. The van der Waals surface area contributed by atoms with E-state index in [1.54, 1.807) is 24.3 Å². The Kier molecular flexibility index (Phi) is 4.98. The molecule has 1 aliphatic heterocycles. The van der Waals surface area contributed by atoms with Gasteiger partial charge in [0.25, 0.3) is 0 Å². The molecule has 1 amide bonds. The molecule has 0 aliphatic carbocycles. The summed E-state index contributed by atoms with van der Waals surface area (Å²) in [7, 11) is 0. The Bertz CT molecular complexity index is 693. The van der Waals surface area contributed by atoms with E-state index in [1.165, 1.54) is 6.07 Å². The lowest BCUT2D eigenvalue weighted by atomic mass is 10.0. The second kappa shape index (κ2) is 6.74. The first-order valence-corrected chi connectivity index (χ1v) is 6.80. The van der Waals surface area contributed by atoms with Crippen molar-refractivity contribution in [2.24, 2.45) is 0 Å². The minimum atomic E-state index is -0.374. The van der Waals surface area contributed by atoms with E-state index in [4.69, 9.17) is 4.42 Å². The molecule has 2 N–H and O–H groups in total. The molecule has 3 rings (SSSR count). The average Bonchev–Trinajstić information content (AvgIpc) is 2.48. The summed E-state index contributed by atoms with van der Waals surface area (Å²) >= 11 is 0. The molecule has 1 atom stereocenters. The van der Waals surface area contributed by atoms with E-state index in [0.29, 0.717) is 11.3 Å². The number of rotatable bonds is 2. The number of halogens is 1. The fourth-order valence-corrected chi connectivity index (χ4v) is 2.45. The van der Waals surface area contributed by atoms with Gasteiger partial charge in [0.15, 0.2) is 0 Å². The van der Waals surface area contributed by atoms with Crippen molar-refractivity contribution >= 4 is 35.0 Å². The van der Waals surface area contributed by atoms with Gasteiger partial charge >= 0.3 is 5.63 Å². The molecule has 1 aromatic heterocycles. The largest absolute Gasteiger partial charge is 0.423 e. The highest BCUT2D eigenvalue weighted by molar-refractivity contribution is 5.96. The van der Waals surface area contributed by atoms with Gasteiger partial charge in [0.1, 0.15) is 5.58 Å². The van der Waals surface area contributed by atoms with Crippen LogP contribution in [0.3, 0.4) is 0 Å². The van der Waals surface area contributed by atoms with Crippen molar-refractivity contribution in [3.63, 3.8) is 0 Å². The van der Waals surface area contributed by atoms with Crippen molar-refractivity contribution in [2.45, 2.75) is 25.3 Å². The van der Waals surface area contributed by atoms with Gasteiger partial charge in [-0.2, -0.15) is 0 Å². The van der Waals surface area contributed by atoms with Gasteiger partial charge in [-0.05, 0) is 43.7 Å². The molecule has 1 fully saturated rings. The standard InChI is InChI=1S/C15H16N2O3.ClH/c18-14-7-4-10-9-11(5-6-13(10)20-14)17-15(19)12-3-1-2-8-16-12;/h4-7,9,12,16H,1-3,8H2,(H,17,19);1H. The van der Waals surface area contributed by atoms with Gasteiger partial charge in [0, 0.05) is 17.1 Å². The molecule has 21 heavy (non-hydrogen) atoms. The van der Waals surface area contributed by atoms with E-state index in [0.717, 1.165) is 31.2 Å². The van der Waals surface area contributed by atoms with Gasteiger partial charge in [-0.3, -0.25) is 4.79 Å². The zero-order chi connectivity index (χ0) is 13.9. The second-order valence-electron chi connectivity index (χ2n) is 5.00. The fraction of sp³-hybridized carbons (Fsp3) is 0.333. The Balaban J connectivity index is 0.00000161. The van der Waals surface area contributed by atoms with Crippen molar-refractivity contribution < 1.29 is 9.21 Å². The summed E-state index contributed by atoms with van der Waals surface area (Å²) in [6.07, 6.45) is 3.07. The Labute approximate surface area is 128 Å². The molecule has 6 heteroatoms. The maximum absolute atomic E-state index is 12.1. The van der Waals surface area contributed by atoms with Crippen LogP contribution >= 0.6 is 12.4 Å². The van der Waals surface area contributed by atoms with E-state index in [-0.39, 0.29) is 30.0 Å². The third kappa shape index (κ3) is 3.62. The monoisotopic (exact) mass is 308 g/mol. The molecule has 1 aliphatic rings. The van der Waals surface area contributed by atoms with E-state index in [2.05, 4.69) is 10.6 Å². The van der Waals surface area contributed by atoms with E-state index in [9.17, 15) is 9.59 Å². The minimum absolute atomic E-state index is 0. The molecule has 1 unspecified atom stereocenters. The quantitative estimate of drug-likeness (QED) is 0.835. The first-order valence-electron chi connectivity index (χ1n) is 6.80. The van der Waals surface area contributed by atoms with Crippen molar-refractivity contribution in [2.75, 3.05) is 11.9 Å². The number of nitrogens with one attached hydrogen (secondary N) is 2. The maximum Gasteiger partial charge on any atom is 0.336 e. The first-order chi connectivity index (χ1) is 9.72. The third-order valence-electron chi connectivity index (χ3n) is 3.51. The van der Waals surface area contributed by atoms with Gasteiger partial charge in [-0.15, -0.1) is 12.4 Å². The predicted molar refractivity (Wildman–Crippen MR) is 84.0 cm³/mol. The van der Waals surface area contributed by atoms with Crippen molar-refractivity contribution in [3.05, 3.63) is 40.8 Å². The number of carbonyl (C=O) groups is 1. The Morgan fingerprint density at radius 3 is 2.86 bits per heavy atom. The number of hydrogen-bond donors (Lipinski definition) is 2. The average molecular weight is 309 g/mol. The molecule has 112 valence electrons. The smallest absolute Gasteiger partial charge is 0.336 e. The molecule has 0 spiro atoms. The molecule has 1 aromatic carbocycles. The number of amides is 1. The highest BCUT2D eigenvalue weighted by Crippen LogP contribution is 2.18. The van der Waals surface area contributed by atoms with Gasteiger partial charge in [0.2, 0.25) is 5.91 Å². The molecule has 2 heterocycles. The molecular weight excluding hydrogens is 292 g/mol. The summed E-state index contributed by atoms with van der Waals surface area (Å²) in [5.74, 6) is -0.0126. The number of piperidine rings is 1. The van der Waals surface area contributed by atoms with Crippen LogP contribution in [0.4, 0.5) is 5.69 Å². The number of benzene rings is 1. The van der Waals surface area contributed by atoms with Crippen LogP contribution in [0.5, 0.6) is 0 Å². The van der Waals surface area contributed by atoms with Gasteiger partial charge < -0.3 is 15.1 Å². The topological polar surface area (TPSA) is 71.3 Å². The van der Waals surface area contributed by atoms with E-state index < -0.39 is 0 Å². The third-order valence-corrected chi connectivity index (χ3v) is 3.51. The highest BCUT2D eigenvalue weighted by Gasteiger charge is 2.20. The van der Waals surface area contributed by atoms with E-state index in [1.807, 2.05) is 0 Å². The zero-order valence-electron chi connectivity index (χ0n) is 11.4. The minimum Gasteiger partial charge on any atom is -0.423 e. The van der Waals surface area contributed by atoms with Crippen LogP contribution in [-0.4, -0.2) is 18.5 Å². The van der Waals surface area contributed by atoms with Gasteiger partial charge in [-0.1, -0.05) is 6.42 Å². The predicted octanol–water partition coefficient (Wildman–Crippen LogP) is 2.30. The molecule has 2 aromatic rings. The lowest BCUT2D eigenvalue weighted by Gasteiger charge is -2.22. The van der Waals surface area contributed by atoms with Gasteiger partial charge in [-0.25, -0.2) is 4.79 Å². The van der Waals surface area contributed by atoms with Gasteiger partial charge in [0.05, 0.1) is 6.04 Å². The van der Waals surface area contributed by atoms with Crippen LogP contribution in [-0.2, 0) is 4.79 Å². The molecule has 0 radical (unpaired) electrons.